The van der Waals surface area contributed by atoms with Crippen molar-refractivity contribution in [2.75, 3.05) is 5.73 Å². The minimum Gasteiger partial charge on any atom is -0.398 e. The van der Waals surface area contributed by atoms with Crippen molar-refractivity contribution in [3.63, 3.8) is 0 Å². The first kappa shape index (κ1) is 12.5. The smallest absolute Gasteiger partial charge is 0.214 e. The van der Waals surface area contributed by atoms with Gasteiger partial charge in [-0.3, -0.25) is 0 Å². The van der Waals surface area contributed by atoms with Gasteiger partial charge >= 0.3 is 0 Å². The van der Waals surface area contributed by atoms with E-state index in [0.29, 0.717) is 6.04 Å². The normalized spacial score (nSPS) is 16.1. The van der Waals surface area contributed by atoms with Gasteiger partial charge in [-0.05, 0) is 59.7 Å². The van der Waals surface area contributed by atoms with Crippen LogP contribution in [-0.2, 0) is 0 Å². The lowest BCUT2D eigenvalue weighted by atomic mass is 10.2. The Hall–Kier alpha value is -1.56. The maximum atomic E-state index is 6.04. The highest BCUT2D eigenvalue weighted by molar-refractivity contribution is 7.99. The molecular formula is C13H17N5S. The van der Waals surface area contributed by atoms with Gasteiger partial charge < -0.3 is 5.73 Å². The molecule has 1 heterocycles. The summed E-state index contributed by atoms with van der Waals surface area (Å²) in [5.74, 6) is 0. The molecule has 0 amide bonds. The number of anilines is 1. The maximum Gasteiger partial charge on any atom is 0.214 e. The number of nitrogens with zero attached hydrogens (tertiary/aromatic N) is 4. The minimum absolute atomic E-state index is 0.448. The third kappa shape index (κ3) is 2.58. The van der Waals surface area contributed by atoms with Crippen LogP contribution >= 0.6 is 11.8 Å². The number of nitrogen functional groups attached to an aromatic ring is 1. The Kier molecular flexibility index (Phi) is 3.42. The Morgan fingerprint density at radius 2 is 2.11 bits per heavy atom. The molecule has 1 aliphatic carbocycles. The molecule has 100 valence electrons. The van der Waals surface area contributed by atoms with E-state index in [2.05, 4.69) is 21.6 Å². The summed E-state index contributed by atoms with van der Waals surface area (Å²) in [6.45, 7) is 2.04. The molecule has 1 saturated carbocycles. The second kappa shape index (κ2) is 5.21. The topological polar surface area (TPSA) is 69.6 Å². The Balaban J connectivity index is 1.85. The Labute approximate surface area is 116 Å². The molecule has 0 radical (unpaired) electrons. The Morgan fingerprint density at radius 3 is 2.84 bits per heavy atom. The van der Waals surface area contributed by atoms with Crippen molar-refractivity contribution >= 4 is 17.4 Å². The second-order valence-corrected chi connectivity index (χ2v) is 6.00. The van der Waals surface area contributed by atoms with Gasteiger partial charge in [0.25, 0.3) is 0 Å². The molecule has 2 aromatic rings. The largest absolute Gasteiger partial charge is 0.398 e. The highest BCUT2D eigenvalue weighted by Crippen LogP contribution is 2.35. The average Bonchev–Trinajstić information content (AvgIpc) is 3.03. The third-order valence-electron chi connectivity index (χ3n) is 3.50. The van der Waals surface area contributed by atoms with Crippen LogP contribution in [0.3, 0.4) is 0 Å². The Bertz CT molecular complexity index is 574. The fourth-order valence-corrected chi connectivity index (χ4v) is 3.36. The lowest BCUT2D eigenvalue weighted by Gasteiger charge is -2.11. The summed E-state index contributed by atoms with van der Waals surface area (Å²) in [4.78, 5) is 1.01. The van der Waals surface area contributed by atoms with Crippen LogP contribution in [0.2, 0.25) is 0 Å². The van der Waals surface area contributed by atoms with E-state index in [1.165, 1.54) is 25.7 Å². The Morgan fingerprint density at radius 1 is 1.32 bits per heavy atom. The van der Waals surface area contributed by atoms with Crippen LogP contribution in [0.5, 0.6) is 0 Å². The zero-order chi connectivity index (χ0) is 13.2. The van der Waals surface area contributed by atoms with E-state index in [1.54, 1.807) is 11.8 Å². The number of nitrogens with two attached hydrogens (primary N) is 1. The van der Waals surface area contributed by atoms with E-state index in [0.717, 1.165) is 21.3 Å². The van der Waals surface area contributed by atoms with E-state index < -0.39 is 0 Å². The summed E-state index contributed by atoms with van der Waals surface area (Å²) in [6, 6.07) is 6.52. The predicted molar refractivity (Wildman–Crippen MR) is 75.0 cm³/mol. The molecule has 1 aliphatic rings. The SMILES string of the molecule is Cc1ccc(Sc2nnnn2C2CCCC2)c(N)c1. The van der Waals surface area contributed by atoms with Crippen LogP contribution in [0.25, 0.3) is 0 Å². The first-order chi connectivity index (χ1) is 9.24. The zero-order valence-corrected chi connectivity index (χ0v) is 11.7. The standard InChI is InChI=1S/C13H17N5S/c1-9-6-7-12(11(14)8-9)19-13-15-16-17-18(13)10-4-2-3-5-10/h6-8,10H,2-5,14H2,1H3. The summed E-state index contributed by atoms with van der Waals surface area (Å²) in [6.07, 6.45) is 4.87. The number of aromatic nitrogens is 4. The van der Waals surface area contributed by atoms with Crippen molar-refractivity contribution in [3.8, 4) is 0 Å². The van der Waals surface area contributed by atoms with Gasteiger partial charge in [0, 0.05) is 10.6 Å². The fourth-order valence-electron chi connectivity index (χ4n) is 2.49. The van der Waals surface area contributed by atoms with E-state index in [4.69, 9.17) is 5.73 Å². The van der Waals surface area contributed by atoms with Gasteiger partial charge in [-0.2, -0.15) is 0 Å². The second-order valence-electron chi connectivity index (χ2n) is 4.99. The minimum atomic E-state index is 0.448. The molecule has 0 aliphatic heterocycles. The molecule has 19 heavy (non-hydrogen) atoms. The fraction of sp³-hybridized carbons (Fsp3) is 0.462. The summed E-state index contributed by atoms with van der Waals surface area (Å²) >= 11 is 1.54. The van der Waals surface area contributed by atoms with E-state index >= 15 is 0 Å². The highest BCUT2D eigenvalue weighted by Gasteiger charge is 2.22. The molecule has 3 rings (SSSR count). The van der Waals surface area contributed by atoms with Crippen LogP contribution in [0.15, 0.2) is 28.3 Å². The summed E-state index contributed by atoms with van der Waals surface area (Å²) in [5, 5.41) is 12.9. The summed E-state index contributed by atoms with van der Waals surface area (Å²) in [7, 11) is 0. The molecule has 1 aromatic carbocycles. The van der Waals surface area contributed by atoms with Crippen LogP contribution in [0.4, 0.5) is 5.69 Å². The lowest BCUT2D eigenvalue weighted by molar-refractivity contribution is 0.423. The molecule has 6 heteroatoms. The first-order valence-corrected chi connectivity index (χ1v) is 7.37. The van der Waals surface area contributed by atoms with Gasteiger partial charge in [0.05, 0.1) is 6.04 Å². The maximum absolute atomic E-state index is 6.04. The third-order valence-corrected chi connectivity index (χ3v) is 4.54. The zero-order valence-electron chi connectivity index (χ0n) is 10.9. The molecule has 2 N–H and O–H groups in total. The number of benzene rings is 1. The number of hydrogen-bond donors (Lipinski definition) is 1. The first-order valence-electron chi connectivity index (χ1n) is 6.56. The summed E-state index contributed by atoms with van der Waals surface area (Å²) in [5.41, 5.74) is 7.99. The summed E-state index contributed by atoms with van der Waals surface area (Å²) < 4.78 is 1.96. The van der Waals surface area contributed by atoms with Gasteiger partial charge in [-0.1, -0.05) is 18.9 Å². The van der Waals surface area contributed by atoms with Gasteiger partial charge in [-0.25, -0.2) is 4.68 Å². The van der Waals surface area contributed by atoms with Crippen molar-refractivity contribution in [1.29, 1.82) is 0 Å². The van der Waals surface area contributed by atoms with Gasteiger partial charge in [0.15, 0.2) is 0 Å². The van der Waals surface area contributed by atoms with Crippen molar-refractivity contribution in [2.45, 2.75) is 48.7 Å². The molecule has 0 atom stereocenters. The van der Waals surface area contributed by atoms with Crippen LogP contribution < -0.4 is 5.73 Å². The molecule has 0 unspecified atom stereocenters. The van der Waals surface area contributed by atoms with E-state index in [-0.39, 0.29) is 0 Å². The van der Waals surface area contributed by atoms with Gasteiger partial charge in [0.1, 0.15) is 0 Å². The number of tetrazole rings is 1. The number of hydrogen-bond acceptors (Lipinski definition) is 5. The quantitative estimate of drug-likeness (QED) is 0.872. The van der Waals surface area contributed by atoms with E-state index in [9.17, 15) is 0 Å². The predicted octanol–water partition coefficient (Wildman–Crippen LogP) is 2.83. The highest BCUT2D eigenvalue weighted by atomic mass is 32.2. The lowest BCUT2D eigenvalue weighted by Crippen LogP contribution is -2.08. The van der Waals surface area contributed by atoms with E-state index in [1.807, 2.05) is 23.7 Å². The average molecular weight is 275 g/mol. The molecular weight excluding hydrogens is 258 g/mol. The molecule has 0 spiro atoms. The molecule has 5 nitrogen and oxygen atoms in total. The van der Waals surface area contributed by atoms with Gasteiger partial charge in [0.2, 0.25) is 5.16 Å². The molecule has 1 fully saturated rings. The van der Waals surface area contributed by atoms with Crippen LogP contribution in [0.1, 0.15) is 37.3 Å². The van der Waals surface area contributed by atoms with Crippen molar-refractivity contribution in [2.24, 2.45) is 0 Å². The van der Waals surface area contributed by atoms with Crippen molar-refractivity contribution in [1.82, 2.24) is 20.2 Å². The van der Waals surface area contributed by atoms with Crippen molar-refractivity contribution < 1.29 is 0 Å². The molecule has 0 saturated heterocycles. The van der Waals surface area contributed by atoms with Crippen LogP contribution in [-0.4, -0.2) is 20.2 Å². The number of aryl methyl sites for hydroxylation is 1. The van der Waals surface area contributed by atoms with Crippen LogP contribution in [0, 0.1) is 6.92 Å². The van der Waals surface area contributed by atoms with Gasteiger partial charge in [-0.15, -0.1) is 5.10 Å². The molecule has 0 bridgehead atoms. The molecule has 1 aromatic heterocycles. The van der Waals surface area contributed by atoms with Crippen molar-refractivity contribution in [3.05, 3.63) is 23.8 Å². The monoisotopic (exact) mass is 275 g/mol. The number of rotatable bonds is 3.